The Morgan fingerprint density at radius 1 is 1.10 bits per heavy atom. The normalized spacial score (nSPS) is 20.4. The summed E-state index contributed by atoms with van der Waals surface area (Å²) in [5.41, 5.74) is 1.02. The molecule has 2 aliphatic rings. The van der Waals surface area contributed by atoms with Crippen LogP contribution < -0.4 is 10.1 Å². The second kappa shape index (κ2) is 10.5. The van der Waals surface area contributed by atoms with Crippen molar-refractivity contribution in [2.75, 3.05) is 26.7 Å². The van der Waals surface area contributed by atoms with E-state index in [1.165, 1.54) is 49.9 Å². The van der Waals surface area contributed by atoms with Crippen molar-refractivity contribution < 1.29 is 9.53 Å². The van der Waals surface area contributed by atoms with Gasteiger partial charge < -0.3 is 10.1 Å². The lowest BCUT2D eigenvalue weighted by Gasteiger charge is -2.32. The topological polar surface area (TPSA) is 41.6 Å². The molecule has 1 N–H and O–H groups in total. The van der Waals surface area contributed by atoms with E-state index in [9.17, 15) is 4.79 Å². The van der Waals surface area contributed by atoms with Gasteiger partial charge in [0.15, 0.2) is 0 Å². The fourth-order valence-electron chi connectivity index (χ4n) is 4.84. The lowest BCUT2D eigenvalue weighted by molar-refractivity contribution is -0.120. The largest absolute Gasteiger partial charge is 0.497 e. The van der Waals surface area contributed by atoms with Gasteiger partial charge in [-0.15, -0.1) is 11.3 Å². The molecule has 1 amide bonds. The number of carbonyl (C=O) groups is 1. The van der Waals surface area contributed by atoms with E-state index in [4.69, 9.17) is 4.74 Å². The van der Waals surface area contributed by atoms with Crippen LogP contribution in [0.1, 0.15) is 59.8 Å². The first kappa shape index (κ1) is 21.4. The maximum atomic E-state index is 12.4. The third-order valence-electron chi connectivity index (χ3n) is 6.53. The number of hydrogen-bond acceptors (Lipinski definition) is 4. The summed E-state index contributed by atoms with van der Waals surface area (Å²) in [7, 11) is 1.65. The molecule has 1 aromatic carbocycles. The zero-order valence-corrected chi connectivity index (χ0v) is 18.9. The molecule has 5 heteroatoms. The van der Waals surface area contributed by atoms with Crippen LogP contribution in [0, 0.1) is 5.92 Å². The number of benzene rings is 1. The number of hydrogen-bond donors (Lipinski definition) is 1. The van der Waals surface area contributed by atoms with Crippen LogP contribution in [0.5, 0.6) is 5.75 Å². The molecule has 2 fully saturated rings. The minimum Gasteiger partial charge on any atom is -0.497 e. The van der Waals surface area contributed by atoms with Crippen LogP contribution in [0.3, 0.4) is 0 Å². The lowest BCUT2D eigenvalue weighted by atomic mass is 9.98. The molecule has 2 aromatic rings. The lowest BCUT2D eigenvalue weighted by Crippen LogP contribution is -2.40. The minimum atomic E-state index is 0.108. The second-order valence-electron chi connectivity index (χ2n) is 8.86. The van der Waals surface area contributed by atoms with Gasteiger partial charge in [-0.2, -0.15) is 0 Å². The standard InChI is InChI=1S/C25H34N2O2S/c1-29-22-10-8-19(9-11-22)15-25(28)26-16-20-5-4-14-27(17-20)18-23-12-13-24(30-23)21-6-2-3-7-21/h8-13,20-21H,2-7,14-18H2,1H3,(H,26,28)/t20-/m1/s1. The SMILES string of the molecule is COc1ccc(CC(=O)NC[C@H]2CCCN(Cc3ccc(C4CCCC4)s3)C2)cc1. The van der Waals surface area contributed by atoms with E-state index in [0.29, 0.717) is 12.3 Å². The smallest absolute Gasteiger partial charge is 0.224 e. The summed E-state index contributed by atoms with van der Waals surface area (Å²) in [5, 5.41) is 3.16. The van der Waals surface area contributed by atoms with Crippen LogP contribution in [0.4, 0.5) is 0 Å². The highest BCUT2D eigenvalue weighted by Gasteiger charge is 2.22. The summed E-state index contributed by atoms with van der Waals surface area (Å²) in [6.07, 6.45) is 8.41. The molecule has 0 unspecified atom stereocenters. The molecule has 1 saturated heterocycles. The molecule has 0 bridgehead atoms. The highest BCUT2D eigenvalue weighted by Crippen LogP contribution is 2.38. The highest BCUT2D eigenvalue weighted by atomic mass is 32.1. The van der Waals surface area contributed by atoms with Crippen LogP contribution in [0.2, 0.25) is 0 Å². The first-order chi connectivity index (χ1) is 14.7. The average Bonchev–Trinajstić information content (AvgIpc) is 3.45. The third-order valence-corrected chi connectivity index (χ3v) is 7.77. The maximum absolute atomic E-state index is 12.4. The van der Waals surface area contributed by atoms with E-state index in [-0.39, 0.29) is 5.91 Å². The molecule has 0 radical (unpaired) electrons. The minimum absolute atomic E-state index is 0.108. The average molecular weight is 427 g/mol. The van der Waals surface area contributed by atoms with Crippen molar-refractivity contribution in [2.24, 2.45) is 5.92 Å². The fraction of sp³-hybridized carbons (Fsp3) is 0.560. The number of rotatable bonds is 8. The number of likely N-dealkylation sites (tertiary alicyclic amines) is 1. The predicted molar refractivity (Wildman–Crippen MR) is 123 cm³/mol. The molecule has 1 aliphatic heterocycles. The van der Waals surface area contributed by atoms with Crippen molar-refractivity contribution in [1.29, 1.82) is 0 Å². The molecule has 4 rings (SSSR count). The summed E-state index contributed by atoms with van der Waals surface area (Å²) in [4.78, 5) is 18.0. The predicted octanol–water partition coefficient (Wildman–Crippen LogP) is 4.99. The summed E-state index contributed by atoms with van der Waals surface area (Å²) < 4.78 is 5.18. The van der Waals surface area contributed by atoms with Crippen LogP contribution in [0.15, 0.2) is 36.4 Å². The molecule has 1 saturated carbocycles. The summed E-state index contributed by atoms with van der Waals surface area (Å²) in [5.74, 6) is 2.30. The van der Waals surface area contributed by atoms with Crippen molar-refractivity contribution >= 4 is 17.2 Å². The first-order valence-corrected chi connectivity index (χ1v) is 12.2. The van der Waals surface area contributed by atoms with E-state index in [1.54, 1.807) is 12.0 Å². The van der Waals surface area contributed by atoms with Gasteiger partial charge in [0.25, 0.3) is 0 Å². The molecular formula is C25H34N2O2S. The Hall–Kier alpha value is -1.85. The molecule has 162 valence electrons. The maximum Gasteiger partial charge on any atom is 0.224 e. The first-order valence-electron chi connectivity index (χ1n) is 11.4. The molecule has 0 spiro atoms. The fourth-order valence-corrected chi connectivity index (χ4v) is 6.06. The number of piperidine rings is 1. The zero-order valence-electron chi connectivity index (χ0n) is 18.1. The van der Waals surface area contributed by atoms with Crippen molar-refractivity contribution in [3.8, 4) is 5.75 Å². The van der Waals surface area contributed by atoms with Crippen molar-refractivity contribution in [1.82, 2.24) is 10.2 Å². The number of methoxy groups -OCH3 is 1. The van der Waals surface area contributed by atoms with Crippen LogP contribution in [0.25, 0.3) is 0 Å². The Morgan fingerprint density at radius 3 is 2.67 bits per heavy atom. The number of ether oxygens (including phenoxy) is 1. The molecule has 1 aliphatic carbocycles. The van der Waals surface area contributed by atoms with E-state index >= 15 is 0 Å². The van der Waals surface area contributed by atoms with Gasteiger partial charge in [0.05, 0.1) is 13.5 Å². The van der Waals surface area contributed by atoms with Gasteiger partial charge in [0.1, 0.15) is 5.75 Å². The molecule has 1 atom stereocenters. The zero-order chi connectivity index (χ0) is 20.8. The third kappa shape index (κ3) is 5.86. The Morgan fingerprint density at radius 2 is 1.90 bits per heavy atom. The van der Waals surface area contributed by atoms with Crippen molar-refractivity contribution in [2.45, 2.75) is 57.4 Å². The van der Waals surface area contributed by atoms with Gasteiger partial charge in [-0.3, -0.25) is 9.69 Å². The van der Waals surface area contributed by atoms with Gasteiger partial charge in [-0.25, -0.2) is 0 Å². The molecule has 4 nitrogen and oxygen atoms in total. The summed E-state index contributed by atoms with van der Waals surface area (Å²) >= 11 is 2.03. The Labute approximate surface area is 184 Å². The van der Waals surface area contributed by atoms with Gasteiger partial charge >= 0.3 is 0 Å². The van der Waals surface area contributed by atoms with Crippen LogP contribution >= 0.6 is 11.3 Å². The van der Waals surface area contributed by atoms with E-state index in [1.807, 2.05) is 35.6 Å². The van der Waals surface area contributed by atoms with Gasteiger partial charge in [-0.05, 0) is 73.9 Å². The number of nitrogens with zero attached hydrogens (tertiary/aromatic N) is 1. The van der Waals surface area contributed by atoms with Gasteiger partial charge in [0.2, 0.25) is 5.91 Å². The Balaban J connectivity index is 1.21. The number of nitrogens with one attached hydrogen (secondary N) is 1. The Bertz CT molecular complexity index is 811. The van der Waals surface area contributed by atoms with Crippen molar-refractivity contribution in [3.05, 3.63) is 51.7 Å². The number of amides is 1. The van der Waals surface area contributed by atoms with Crippen molar-refractivity contribution in [3.63, 3.8) is 0 Å². The molecule has 2 heterocycles. The van der Waals surface area contributed by atoms with E-state index < -0.39 is 0 Å². The Kier molecular flexibility index (Phi) is 7.45. The van der Waals surface area contributed by atoms with E-state index in [0.717, 1.165) is 36.9 Å². The second-order valence-corrected chi connectivity index (χ2v) is 10.1. The van der Waals surface area contributed by atoms with Crippen LogP contribution in [-0.4, -0.2) is 37.6 Å². The van der Waals surface area contributed by atoms with Gasteiger partial charge in [-0.1, -0.05) is 25.0 Å². The molecular weight excluding hydrogens is 392 g/mol. The quantitative estimate of drug-likeness (QED) is 0.647. The highest BCUT2D eigenvalue weighted by molar-refractivity contribution is 7.12. The summed E-state index contributed by atoms with van der Waals surface area (Å²) in [6, 6.07) is 12.5. The van der Waals surface area contributed by atoms with Crippen LogP contribution in [-0.2, 0) is 17.8 Å². The van der Waals surface area contributed by atoms with E-state index in [2.05, 4.69) is 22.3 Å². The van der Waals surface area contributed by atoms with Gasteiger partial charge in [0, 0.05) is 29.4 Å². The summed E-state index contributed by atoms with van der Waals surface area (Å²) in [6.45, 7) is 4.10. The molecule has 30 heavy (non-hydrogen) atoms. The monoisotopic (exact) mass is 426 g/mol. The molecule has 1 aromatic heterocycles. The number of carbonyl (C=O) groups excluding carboxylic acids is 1. The number of thiophene rings is 1.